The van der Waals surface area contributed by atoms with E-state index in [0.29, 0.717) is 23.7 Å². The van der Waals surface area contributed by atoms with Gasteiger partial charge in [-0.05, 0) is 73.0 Å². The Bertz CT molecular complexity index is 719. The van der Waals surface area contributed by atoms with E-state index >= 15 is 0 Å². The largest absolute Gasteiger partial charge is 0.496 e. The highest BCUT2D eigenvalue weighted by Crippen LogP contribution is 2.36. The maximum absolute atomic E-state index is 12.7. The molecule has 1 aliphatic carbocycles. The number of fused-ring (bicyclic) bond motifs is 1. The summed E-state index contributed by atoms with van der Waals surface area (Å²) < 4.78 is 5.23. The molecule has 7 heteroatoms. The Kier molecular flexibility index (Phi) is 4.83. The molecule has 0 aromatic heterocycles. The molecule has 3 rings (SSSR count). The van der Waals surface area contributed by atoms with Crippen LogP contribution in [0, 0.1) is 11.8 Å². The van der Waals surface area contributed by atoms with Crippen molar-refractivity contribution in [1.82, 2.24) is 5.32 Å². The standard InChI is InChI=1S/C17H20N4O3/c1-24-15-8-11-7-12(6-10-2-4-19-5-3-10)16(22)13(11)9-14(15)17(23)20-21-18/h8-10,12,19H,2-7H2,1H3. The van der Waals surface area contributed by atoms with Crippen molar-refractivity contribution < 1.29 is 14.3 Å². The average molecular weight is 328 g/mol. The lowest BCUT2D eigenvalue weighted by Gasteiger charge is -2.24. The first-order valence-corrected chi connectivity index (χ1v) is 8.19. The molecule has 2 aliphatic rings. The topological polar surface area (TPSA) is 104 Å². The fraction of sp³-hybridized carbons (Fsp3) is 0.529. The van der Waals surface area contributed by atoms with Crippen LogP contribution in [0.2, 0.25) is 0 Å². The van der Waals surface area contributed by atoms with Crippen LogP contribution in [0.1, 0.15) is 45.5 Å². The summed E-state index contributed by atoms with van der Waals surface area (Å²) in [5.74, 6) is 0.243. The number of azide groups is 1. The van der Waals surface area contributed by atoms with Crippen molar-refractivity contribution in [3.8, 4) is 5.75 Å². The highest BCUT2D eigenvalue weighted by Gasteiger charge is 2.34. The first kappa shape index (κ1) is 16.5. The number of nitrogens with one attached hydrogen (secondary N) is 1. The Balaban J connectivity index is 1.85. The van der Waals surface area contributed by atoms with Crippen molar-refractivity contribution in [2.45, 2.75) is 25.7 Å². The summed E-state index contributed by atoms with van der Waals surface area (Å²) in [5, 5.41) is 6.45. The van der Waals surface area contributed by atoms with Gasteiger partial charge < -0.3 is 10.1 Å². The zero-order valence-corrected chi connectivity index (χ0v) is 13.6. The summed E-state index contributed by atoms with van der Waals surface area (Å²) in [4.78, 5) is 27.2. The summed E-state index contributed by atoms with van der Waals surface area (Å²) >= 11 is 0. The van der Waals surface area contributed by atoms with Crippen LogP contribution in [0.25, 0.3) is 10.4 Å². The number of amides is 1. The minimum Gasteiger partial charge on any atom is -0.496 e. The van der Waals surface area contributed by atoms with Gasteiger partial charge in [-0.15, -0.1) is 0 Å². The van der Waals surface area contributed by atoms with Gasteiger partial charge in [-0.2, -0.15) is 0 Å². The lowest BCUT2D eigenvalue weighted by atomic mass is 9.86. The van der Waals surface area contributed by atoms with Crippen LogP contribution >= 0.6 is 0 Å². The van der Waals surface area contributed by atoms with Crippen molar-refractivity contribution in [3.05, 3.63) is 39.3 Å². The predicted octanol–water partition coefficient (Wildman–Crippen LogP) is 2.89. The number of piperidine rings is 1. The lowest BCUT2D eigenvalue weighted by Crippen LogP contribution is -2.29. The number of carbonyl (C=O) groups excluding carboxylic acids is 2. The Morgan fingerprint density at radius 3 is 2.83 bits per heavy atom. The molecule has 1 aliphatic heterocycles. The third kappa shape index (κ3) is 3.13. The van der Waals surface area contributed by atoms with Gasteiger partial charge in [0.25, 0.3) is 5.91 Å². The summed E-state index contributed by atoms with van der Waals surface area (Å²) in [6.45, 7) is 2.02. The van der Waals surface area contributed by atoms with Crippen molar-refractivity contribution in [2.24, 2.45) is 17.0 Å². The Hall–Kier alpha value is -2.37. The van der Waals surface area contributed by atoms with E-state index < -0.39 is 5.91 Å². The van der Waals surface area contributed by atoms with Gasteiger partial charge in [-0.1, -0.05) is 0 Å². The normalized spacial score (nSPS) is 20.4. The van der Waals surface area contributed by atoms with E-state index in [-0.39, 0.29) is 17.3 Å². The van der Waals surface area contributed by atoms with E-state index in [1.165, 1.54) is 13.2 Å². The number of rotatable bonds is 4. The molecule has 7 nitrogen and oxygen atoms in total. The van der Waals surface area contributed by atoms with Gasteiger partial charge >= 0.3 is 0 Å². The Morgan fingerprint density at radius 2 is 2.17 bits per heavy atom. The summed E-state index contributed by atoms with van der Waals surface area (Å²) in [6, 6.07) is 3.26. The molecule has 1 aromatic carbocycles. The van der Waals surface area contributed by atoms with Crippen molar-refractivity contribution >= 4 is 11.7 Å². The molecule has 1 aromatic rings. The highest BCUT2D eigenvalue weighted by atomic mass is 16.5. The SMILES string of the molecule is COc1cc2c(cc1C(=O)N=[N+]=[N-])C(=O)C(CC1CCNCC1)C2. The van der Waals surface area contributed by atoms with Crippen LogP contribution in [0.5, 0.6) is 5.75 Å². The van der Waals surface area contributed by atoms with Gasteiger partial charge in [0, 0.05) is 16.4 Å². The molecule has 126 valence electrons. The highest BCUT2D eigenvalue weighted by molar-refractivity contribution is 6.06. The maximum atomic E-state index is 12.7. The van der Waals surface area contributed by atoms with E-state index in [2.05, 4.69) is 15.3 Å². The molecule has 0 radical (unpaired) electrons. The number of nitrogens with zero attached hydrogens (tertiary/aromatic N) is 3. The fourth-order valence-electron chi connectivity index (χ4n) is 3.74. The van der Waals surface area contributed by atoms with Crippen LogP contribution < -0.4 is 10.1 Å². The molecule has 1 atom stereocenters. The summed E-state index contributed by atoms with van der Waals surface area (Å²) in [6.07, 6.45) is 3.77. The number of ketones is 1. The lowest BCUT2D eigenvalue weighted by molar-refractivity contribution is 0.0913. The number of Topliss-reactive ketones (excluding diaryl/α,β-unsaturated/α-hetero) is 1. The molecule has 1 fully saturated rings. The summed E-state index contributed by atoms with van der Waals surface area (Å²) in [7, 11) is 1.46. The van der Waals surface area contributed by atoms with Gasteiger partial charge in [0.1, 0.15) is 5.75 Å². The first-order valence-electron chi connectivity index (χ1n) is 8.19. The smallest absolute Gasteiger partial charge is 0.252 e. The van der Waals surface area contributed by atoms with Crippen LogP contribution in [0.3, 0.4) is 0 Å². The Morgan fingerprint density at radius 1 is 1.42 bits per heavy atom. The second-order valence-electron chi connectivity index (χ2n) is 6.40. The minimum absolute atomic E-state index is 0.0300. The van der Waals surface area contributed by atoms with Crippen LogP contribution in [0.4, 0.5) is 0 Å². The van der Waals surface area contributed by atoms with Gasteiger partial charge in [0.05, 0.1) is 12.7 Å². The van der Waals surface area contributed by atoms with E-state index in [9.17, 15) is 9.59 Å². The fourth-order valence-corrected chi connectivity index (χ4v) is 3.74. The quantitative estimate of drug-likeness (QED) is 0.521. The molecule has 0 saturated carbocycles. The van der Waals surface area contributed by atoms with E-state index in [0.717, 1.165) is 37.9 Å². The predicted molar refractivity (Wildman–Crippen MR) is 88.2 cm³/mol. The second kappa shape index (κ2) is 7.03. The third-order valence-corrected chi connectivity index (χ3v) is 4.97. The molecule has 0 spiro atoms. The summed E-state index contributed by atoms with van der Waals surface area (Å²) in [5.41, 5.74) is 10.1. The molecule has 1 amide bonds. The third-order valence-electron chi connectivity index (χ3n) is 4.97. The van der Waals surface area contributed by atoms with Crippen LogP contribution in [-0.2, 0) is 6.42 Å². The van der Waals surface area contributed by atoms with Crippen molar-refractivity contribution in [2.75, 3.05) is 20.2 Å². The van der Waals surface area contributed by atoms with E-state index in [1.54, 1.807) is 6.07 Å². The minimum atomic E-state index is -0.730. The van der Waals surface area contributed by atoms with Gasteiger partial charge in [0.2, 0.25) is 0 Å². The molecule has 1 unspecified atom stereocenters. The van der Waals surface area contributed by atoms with Gasteiger partial charge in [0.15, 0.2) is 5.78 Å². The van der Waals surface area contributed by atoms with E-state index in [4.69, 9.17) is 10.3 Å². The zero-order valence-electron chi connectivity index (χ0n) is 13.6. The zero-order chi connectivity index (χ0) is 17.1. The second-order valence-corrected chi connectivity index (χ2v) is 6.40. The van der Waals surface area contributed by atoms with Crippen molar-refractivity contribution in [1.29, 1.82) is 0 Å². The molecule has 0 bridgehead atoms. The molecule has 1 heterocycles. The van der Waals surface area contributed by atoms with E-state index in [1.807, 2.05) is 0 Å². The number of ether oxygens (including phenoxy) is 1. The number of hydrogen-bond acceptors (Lipinski definition) is 4. The van der Waals surface area contributed by atoms with Crippen molar-refractivity contribution in [3.63, 3.8) is 0 Å². The monoisotopic (exact) mass is 328 g/mol. The van der Waals surface area contributed by atoms with Gasteiger partial charge in [-0.3, -0.25) is 9.59 Å². The van der Waals surface area contributed by atoms with Crippen LogP contribution in [-0.4, -0.2) is 31.9 Å². The molecule has 1 saturated heterocycles. The number of benzene rings is 1. The van der Waals surface area contributed by atoms with Gasteiger partial charge in [-0.25, -0.2) is 0 Å². The number of methoxy groups -OCH3 is 1. The number of hydrogen-bond donors (Lipinski definition) is 1. The Labute approximate surface area is 140 Å². The number of carbonyl (C=O) groups is 2. The molecule has 1 N–H and O–H groups in total. The maximum Gasteiger partial charge on any atom is 0.252 e. The molecular formula is C17H20N4O3. The molecular weight excluding hydrogens is 308 g/mol. The average Bonchev–Trinajstić information content (AvgIpc) is 2.90. The van der Waals surface area contributed by atoms with Crippen LogP contribution in [0.15, 0.2) is 17.2 Å². The molecule has 24 heavy (non-hydrogen) atoms. The first-order chi connectivity index (χ1) is 11.6.